The number of amides is 1. The number of pyridine rings is 1. The predicted octanol–water partition coefficient (Wildman–Crippen LogP) is 2.31. The van der Waals surface area contributed by atoms with Crippen molar-refractivity contribution in [2.45, 2.75) is 0 Å². The van der Waals surface area contributed by atoms with Gasteiger partial charge in [-0.3, -0.25) is 4.79 Å². The number of hydrogen-bond acceptors (Lipinski definition) is 3. The first-order valence-corrected chi connectivity index (χ1v) is 5.42. The summed E-state index contributed by atoms with van der Waals surface area (Å²) in [7, 11) is 0. The van der Waals surface area contributed by atoms with Gasteiger partial charge in [0.15, 0.2) is 0 Å². The van der Waals surface area contributed by atoms with Gasteiger partial charge >= 0.3 is 5.97 Å². The number of nitrogens with one attached hydrogen (secondary N) is 1. The maximum Gasteiger partial charge on any atom is 0.354 e. The van der Waals surface area contributed by atoms with Gasteiger partial charge in [-0.1, -0.05) is 0 Å². The summed E-state index contributed by atoms with van der Waals surface area (Å²) in [5.74, 6) is -3.64. The van der Waals surface area contributed by atoms with Crippen LogP contribution in [-0.2, 0) is 0 Å². The minimum absolute atomic E-state index is 0.0158. The Hall–Kier alpha value is -2.83. The molecule has 0 bridgehead atoms. The Kier molecular flexibility index (Phi) is 3.69. The van der Waals surface area contributed by atoms with Crippen LogP contribution in [0.1, 0.15) is 20.8 Å². The van der Waals surface area contributed by atoms with Crippen LogP contribution in [0.15, 0.2) is 36.5 Å². The number of nitrogens with zero attached hydrogens (tertiary/aromatic N) is 1. The molecule has 0 aliphatic heterocycles. The van der Waals surface area contributed by atoms with E-state index in [1.807, 2.05) is 0 Å². The van der Waals surface area contributed by atoms with Gasteiger partial charge in [-0.15, -0.1) is 0 Å². The molecule has 0 saturated carbocycles. The minimum Gasteiger partial charge on any atom is -0.477 e. The fraction of sp³-hybridized carbons (Fsp3) is 0. The van der Waals surface area contributed by atoms with E-state index in [-0.39, 0.29) is 16.9 Å². The summed E-state index contributed by atoms with van der Waals surface area (Å²) >= 11 is 0. The Labute approximate surface area is 111 Å². The quantitative estimate of drug-likeness (QED) is 0.903. The van der Waals surface area contributed by atoms with Crippen LogP contribution < -0.4 is 5.32 Å². The number of carboxylic acids is 1. The lowest BCUT2D eigenvalue weighted by molar-refractivity contribution is 0.0690. The molecule has 0 radical (unpaired) electrons. The van der Waals surface area contributed by atoms with E-state index >= 15 is 0 Å². The number of carbonyl (C=O) groups excluding carboxylic acids is 1. The van der Waals surface area contributed by atoms with Crippen LogP contribution in [0.3, 0.4) is 0 Å². The highest BCUT2D eigenvalue weighted by Gasteiger charge is 2.11. The third-order valence-electron chi connectivity index (χ3n) is 2.36. The first kappa shape index (κ1) is 13.6. The van der Waals surface area contributed by atoms with Crippen molar-refractivity contribution in [2.75, 3.05) is 5.32 Å². The number of aromatic nitrogens is 1. The van der Waals surface area contributed by atoms with Crippen LogP contribution in [0, 0.1) is 11.6 Å². The predicted molar refractivity (Wildman–Crippen MR) is 65.5 cm³/mol. The van der Waals surface area contributed by atoms with Crippen molar-refractivity contribution in [1.82, 2.24) is 4.98 Å². The van der Waals surface area contributed by atoms with Gasteiger partial charge in [-0.25, -0.2) is 18.6 Å². The maximum atomic E-state index is 13.0. The third-order valence-corrected chi connectivity index (χ3v) is 2.36. The summed E-state index contributed by atoms with van der Waals surface area (Å²) in [5.41, 5.74) is -0.355. The molecule has 1 amide bonds. The van der Waals surface area contributed by atoms with Crippen molar-refractivity contribution in [3.8, 4) is 0 Å². The Morgan fingerprint density at radius 2 is 1.75 bits per heavy atom. The Bertz CT molecular complexity index is 669. The first-order chi connectivity index (χ1) is 9.45. The topological polar surface area (TPSA) is 79.3 Å². The molecule has 2 aromatic rings. The summed E-state index contributed by atoms with van der Waals surface area (Å²) in [5, 5.41) is 11.0. The number of benzene rings is 1. The van der Waals surface area contributed by atoms with Crippen LogP contribution in [0.25, 0.3) is 0 Å². The molecule has 0 unspecified atom stereocenters. The molecule has 0 aliphatic rings. The number of carbonyl (C=O) groups is 2. The van der Waals surface area contributed by atoms with Crippen LogP contribution in [0.5, 0.6) is 0 Å². The van der Waals surface area contributed by atoms with Gasteiger partial charge in [0.25, 0.3) is 5.91 Å². The van der Waals surface area contributed by atoms with E-state index in [1.165, 1.54) is 6.07 Å². The van der Waals surface area contributed by atoms with E-state index in [9.17, 15) is 18.4 Å². The van der Waals surface area contributed by atoms with Crippen molar-refractivity contribution >= 4 is 17.6 Å². The Balaban J connectivity index is 2.23. The summed E-state index contributed by atoms with van der Waals surface area (Å²) in [6.07, 6.45) is 1.16. The molecule has 1 aromatic carbocycles. The molecule has 5 nitrogen and oxygen atoms in total. The van der Waals surface area contributed by atoms with E-state index in [1.54, 1.807) is 0 Å². The van der Waals surface area contributed by atoms with Gasteiger partial charge < -0.3 is 10.4 Å². The second-order valence-electron chi connectivity index (χ2n) is 3.85. The second-order valence-corrected chi connectivity index (χ2v) is 3.85. The molecule has 1 aromatic heterocycles. The number of anilines is 1. The van der Waals surface area contributed by atoms with Gasteiger partial charge in [0, 0.05) is 23.5 Å². The van der Waals surface area contributed by atoms with E-state index < -0.39 is 23.5 Å². The van der Waals surface area contributed by atoms with Crippen molar-refractivity contribution in [3.63, 3.8) is 0 Å². The molecule has 7 heteroatoms. The molecule has 0 saturated heterocycles. The molecule has 2 rings (SSSR count). The average Bonchev–Trinajstić information content (AvgIpc) is 2.37. The molecule has 0 atom stereocenters. The SMILES string of the molecule is O=C(Nc1cc(F)cc(F)c1)c1ccnc(C(=O)O)c1. The fourth-order valence-corrected chi connectivity index (χ4v) is 1.52. The van der Waals surface area contributed by atoms with Crippen LogP contribution in [-0.4, -0.2) is 22.0 Å². The van der Waals surface area contributed by atoms with Gasteiger partial charge in [-0.05, 0) is 24.3 Å². The Morgan fingerprint density at radius 3 is 2.35 bits per heavy atom. The van der Waals surface area contributed by atoms with Gasteiger partial charge in [-0.2, -0.15) is 0 Å². The first-order valence-electron chi connectivity index (χ1n) is 5.42. The molecule has 1 heterocycles. The van der Waals surface area contributed by atoms with Crippen molar-refractivity contribution in [2.24, 2.45) is 0 Å². The van der Waals surface area contributed by atoms with E-state index in [0.717, 1.165) is 24.4 Å². The molecule has 0 fully saturated rings. The van der Waals surface area contributed by atoms with E-state index in [4.69, 9.17) is 5.11 Å². The summed E-state index contributed by atoms with van der Waals surface area (Å²) in [6, 6.07) is 4.91. The van der Waals surface area contributed by atoms with Crippen LogP contribution >= 0.6 is 0 Å². The lowest BCUT2D eigenvalue weighted by atomic mass is 10.2. The fourth-order valence-electron chi connectivity index (χ4n) is 1.52. The molecule has 102 valence electrons. The molecule has 2 N–H and O–H groups in total. The maximum absolute atomic E-state index is 13.0. The zero-order valence-electron chi connectivity index (χ0n) is 9.93. The van der Waals surface area contributed by atoms with E-state index in [0.29, 0.717) is 6.07 Å². The number of rotatable bonds is 3. The normalized spacial score (nSPS) is 10.1. The third kappa shape index (κ3) is 3.14. The zero-order chi connectivity index (χ0) is 14.7. The molecular formula is C13H8F2N2O3. The van der Waals surface area contributed by atoms with E-state index in [2.05, 4.69) is 10.3 Å². The highest BCUT2D eigenvalue weighted by Crippen LogP contribution is 2.14. The second kappa shape index (κ2) is 5.43. The average molecular weight is 278 g/mol. The lowest BCUT2D eigenvalue weighted by Gasteiger charge is -2.06. The van der Waals surface area contributed by atoms with Gasteiger partial charge in [0.2, 0.25) is 0 Å². The zero-order valence-corrected chi connectivity index (χ0v) is 9.93. The largest absolute Gasteiger partial charge is 0.477 e. The van der Waals surface area contributed by atoms with Gasteiger partial charge in [0.05, 0.1) is 0 Å². The monoisotopic (exact) mass is 278 g/mol. The number of halogens is 2. The van der Waals surface area contributed by atoms with Crippen molar-refractivity contribution in [3.05, 3.63) is 59.4 Å². The molecule has 20 heavy (non-hydrogen) atoms. The number of aromatic carboxylic acids is 1. The standard InChI is InChI=1S/C13H8F2N2O3/c14-8-4-9(15)6-10(5-8)17-12(18)7-1-2-16-11(3-7)13(19)20/h1-6H,(H,17,18)(H,19,20). The number of carboxylic acid groups (broad SMARTS) is 1. The van der Waals surface area contributed by atoms with Gasteiger partial charge in [0.1, 0.15) is 17.3 Å². The number of hydrogen-bond donors (Lipinski definition) is 2. The highest BCUT2D eigenvalue weighted by atomic mass is 19.1. The summed E-state index contributed by atoms with van der Waals surface area (Å²) in [6.45, 7) is 0. The smallest absolute Gasteiger partial charge is 0.354 e. The molecule has 0 aliphatic carbocycles. The highest BCUT2D eigenvalue weighted by molar-refractivity contribution is 6.05. The molecule has 0 spiro atoms. The van der Waals surface area contributed by atoms with Crippen LogP contribution in [0.2, 0.25) is 0 Å². The van der Waals surface area contributed by atoms with Crippen LogP contribution in [0.4, 0.5) is 14.5 Å². The summed E-state index contributed by atoms with van der Waals surface area (Å²) in [4.78, 5) is 26.1. The Morgan fingerprint density at radius 1 is 1.10 bits per heavy atom. The molecular weight excluding hydrogens is 270 g/mol. The minimum atomic E-state index is -1.28. The lowest BCUT2D eigenvalue weighted by Crippen LogP contribution is -2.13. The van der Waals surface area contributed by atoms with Crippen molar-refractivity contribution < 1.29 is 23.5 Å². The van der Waals surface area contributed by atoms with Crippen molar-refractivity contribution in [1.29, 1.82) is 0 Å². The summed E-state index contributed by atoms with van der Waals surface area (Å²) < 4.78 is 25.9.